The Morgan fingerprint density at radius 3 is 2.79 bits per heavy atom. The van der Waals surface area contributed by atoms with Crippen molar-refractivity contribution >= 4 is 0 Å². The highest BCUT2D eigenvalue weighted by atomic mass is 19.1. The van der Waals surface area contributed by atoms with Gasteiger partial charge in [0, 0.05) is 6.04 Å². The van der Waals surface area contributed by atoms with Crippen molar-refractivity contribution in [2.45, 2.75) is 52.2 Å². The molecule has 0 heterocycles. The number of para-hydroxylation sites is 1. The quantitative estimate of drug-likeness (QED) is 0.895. The molecule has 0 aromatic heterocycles. The number of nitrogens with one attached hydrogen (secondary N) is 1. The molecule has 2 atom stereocenters. The zero-order valence-corrected chi connectivity index (χ0v) is 12.1. The van der Waals surface area contributed by atoms with Crippen molar-refractivity contribution in [3.63, 3.8) is 0 Å². The molecule has 0 aliphatic heterocycles. The van der Waals surface area contributed by atoms with Crippen LogP contribution in [0.5, 0.6) is 5.75 Å². The van der Waals surface area contributed by atoms with E-state index < -0.39 is 0 Å². The molecule has 1 saturated carbocycles. The third-order valence-electron chi connectivity index (χ3n) is 4.06. The maximum atomic E-state index is 13.7. The van der Waals surface area contributed by atoms with E-state index in [9.17, 15) is 4.39 Å². The molecule has 1 N–H and O–H groups in total. The van der Waals surface area contributed by atoms with Crippen LogP contribution in [0.2, 0.25) is 0 Å². The van der Waals surface area contributed by atoms with Crippen molar-refractivity contribution in [1.82, 2.24) is 5.32 Å². The minimum atomic E-state index is -0.277. The first kappa shape index (κ1) is 14.3. The van der Waals surface area contributed by atoms with Crippen LogP contribution < -0.4 is 10.1 Å². The van der Waals surface area contributed by atoms with Gasteiger partial charge in [-0.15, -0.1) is 0 Å². The van der Waals surface area contributed by atoms with Gasteiger partial charge in [-0.05, 0) is 43.4 Å². The summed E-state index contributed by atoms with van der Waals surface area (Å²) in [7, 11) is 0. The first-order valence-electron chi connectivity index (χ1n) is 7.19. The summed E-state index contributed by atoms with van der Waals surface area (Å²) in [5, 5.41) is 3.52. The first-order chi connectivity index (χ1) is 9.04. The van der Waals surface area contributed by atoms with Gasteiger partial charge in [-0.3, -0.25) is 0 Å². The third-order valence-corrected chi connectivity index (χ3v) is 4.06. The number of likely N-dealkylation sites (N-methyl/N-ethyl adjacent to an activating group) is 1. The lowest BCUT2D eigenvalue weighted by molar-refractivity contribution is 0.0349. The summed E-state index contributed by atoms with van der Waals surface area (Å²) >= 11 is 0. The van der Waals surface area contributed by atoms with E-state index in [0.29, 0.717) is 5.75 Å². The summed E-state index contributed by atoms with van der Waals surface area (Å²) in [6, 6.07) is 6.93. The van der Waals surface area contributed by atoms with Gasteiger partial charge in [-0.2, -0.15) is 0 Å². The molecule has 0 radical (unpaired) electrons. The second kappa shape index (κ2) is 5.91. The lowest BCUT2D eigenvalue weighted by Gasteiger charge is -2.44. The van der Waals surface area contributed by atoms with E-state index in [1.807, 2.05) is 6.07 Å². The molecule has 1 aliphatic rings. The van der Waals surface area contributed by atoms with Crippen LogP contribution in [0.25, 0.3) is 0 Å². The van der Waals surface area contributed by atoms with E-state index in [1.165, 1.54) is 12.5 Å². The van der Waals surface area contributed by atoms with Crippen molar-refractivity contribution < 1.29 is 9.13 Å². The molecule has 2 unspecified atom stereocenters. The molecule has 0 bridgehead atoms. The smallest absolute Gasteiger partial charge is 0.165 e. The van der Waals surface area contributed by atoms with E-state index >= 15 is 0 Å². The third kappa shape index (κ3) is 3.27. The Kier molecular flexibility index (Phi) is 4.46. The zero-order valence-electron chi connectivity index (χ0n) is 12.1. The maximum absolute atomic E-state index is 13.7. The highest BCUT2D eigenvalue weighted by molar-refractivity contribution is 5.24. The predicted octanol–water partition coefficient (Wildman–Crippen LogP) is 3.76. The van der Waals surface area contributed by atoms with Crippen LogP contribution in [-0.2, 0) is 0 Å². The summed E-state index contributed by atoms with van der Waals surface area (Å²) in [4.78, 5) is 0. The fraction of sp³-hybridized carbons (Fsp3) is 0.625. The van der Waals surface area contributed by atoms with Crippen LogP contribution in [0.15, 0.2) is 24.3 Å². The predicted molar refractivity (Wildman–Crippen MR) is 75.9 cm³/mol. The number of benzene rings is 1. The summed E-state index contributed by atoms with van der Waals surface area (Å²) in [6.45, 7) is 7.53. The van der Waals surface area contributed by atoms with Crippen LogP contribution in [0.3, 0.4) is 0 Å². The van der Waals surface area contributed by atoms with Crippen molar-refractivity contribution in [2.75, 3.05) is 6.54 Å². The van der Waals surface area contributed by atoms with E-state index in [2.05, 4.69) is 26.1 Å². The second-order valence-corrected chi connectivity index (χ2v) is 6.00. The topological polar surface area (TPSA) is 21.3 Å². The molecular weight excluding hydrogens is 241 g/mol. The van der Waals surface area contributed by atoms with Gasteiger partial charge in [0.1, 0.15) is 6.10 Å². The van der Waals surface area contributed by atoms with Crippen molar-refractivity contribution in [1.29, 1.82) is 0 Å². The molecule has 19 heavy (non-hydrogen) atoms. The fourth-order valence-electron chi connectivity index (χ4n) is 3.04. The molecule has 1 aromatic rings. The van der Waals surface area contributed by atoms with Crippen molar-refractivity contribution in [2.24, 2.45) is 5.41 Å². The maximum Gasteiger partial charge on any atom is 0.165 e. The van der Waals surface area contributed by atoms with Crippen LogP contribution >= 0.6 is 0 Å². The van der Waals surface area contributed by atoms with Gasteiger partial charge < -0.3 is 10.1 Å². The molecule has 2 nitrogen and oxygen atoms in total. The number of hydrogen-bond donors (Lipinski definition) is 1. The Hall–Kier alpha value is -1.09. The van der Waals surface area contributed by atoms with E-state index in [4.69, 9.17) is 4.74 Å². The van der Waals surface area contributed by atoms with Crippen molar-refractivity contribution in [3.8, 4) is 5.75 Å². The molecule has 0 spiro atoms. The lowest BCUT2D eigenvalue weighted by Crippen LogP contribution is -2.54. The Morgan fingerprint density at radius 2 is 2.11 bits per heavy atom. The van der Waals surface area contributed by atoms with E-state index in [1.54, 1.807) is 12.1 Å². The molecule has 0 amide bonds. The average molecular weight is 265 g/mol. The molecule has 1 aliphatic carbocycles. The van der Waals surface area contributed by atoms with Gasteiger partial charge in [0.05, 0.1) is 0 Å². The lowest BCUT2D eigenvalue weighted by atomic mass is 9.71. The van der Waals surface area contributed by atoms with Gasteiger partial charge in [0.15, 0.2) is 11.6 Å². The Balaban J connectivity index is 2.15. The van der Waals surface area contributed by atoms with E-state index in [-0.39, 0.29) is 23.4 Å². The zero-order chi connectivity index (χ0) is 13.9. The van der Waals surface area contributed by atoms with E-state index in [0.717, 1.165) is 19.4 Å². The number of hydrogen-bond acceptors (Lipinski definition) is 2. The van der Waals surface area contributed by atoms with Gasteiger partial charge in [-0.25, -0.2) is 4.39 Å². The standard InChI is InChI=1S/C16H24FNO/c1-4-18-15-14(10-7-11-16(15,2)3)19-13-9-6-5-8-12(13)17/h5-6,8-9,14-15,18H,4,7,10-11H2,1-3H3. The molecule has 1 aromatic carbocycles. The summed E-state index contributed by atoms with van der Waals surface area (Å²) in [6.07, 6.45) is 3.34. The SMILES string of the molecule is CCNC1C(Oc2ccccc2F)CCCC1(C)C. The van der Waals surface area contributed by atoms with Crippen LogP contribution in [0.1, 0.15) is 40.0 Å². The molecule has 0 saturated heterocycles. The highest BCUT2D eigenvalue weighted by Crippen LogP contribution is 2.37. The van der Waals surface area contributed by atoms with Crippen LogP contribution in [0, 0.1) is 11.2 Å². The highest BCUT2D eigenvalue weighted by Gasteiger charge is 2.39. The molecule has 2 rings (SSSR count). The second-order valence-electron chi connectivity index (χ2n) is 6.00. The van der Waals surface area contributed by atoms with Crippen molar-refractivity contribution in [3.05, 3.63) is 30.1 Å². The molecule has 1 fully saturated rings. The van der Waals surface area contributed by atoms with Gasteiger partial charge in [0.25, 0.3) is 0 Å². The summed E-state index contributed by atoms with van der Waals surface area (Å²) < 4.78 is 19.7. The summed E-state index contributed by atoms with van der Waals surface area (Å²) in [5.74, 6) is 0.0919. The first-order valence-corrected chi connectivity index (χ1v) is 7.19. The number of rotatable bonds is 4. The van der Waals surface area contributed by atoms with Gasteiger partial charge >= 0.3 is 0 Å². The monoisotopic (exact) mass is 265 g/mol. The van der Waals surface area contributed by atoms with Gasteiger partial charge in [0.2, 0.25) is 0 Å². The van der Waals surface area contributed by atoms with Gasteiger partial charge in [-0.1, -0.05) is 32.9 Å². The minimum Gasteiger partial charge on any atom is -0.486 e. The summed E-state index contributed by atoms with van der Waals surface area (Å²) in [5.41, 5.74) is 0.185. The minimum absolute atomic E-state index is 0.0422. The Labute approximate surface area is 115 Å². The average Bonchev–Trinajstić information content (AvgIpc) is 2.36. The molecule has 106 valence electrons. The Morgan fingerprint density at radius 1 is 1.37 bits per heavy atom. The normalized spacial score (nSPS) is 26.1. The molecular formula is C16H24FNO. The Bertz CT molecular complexity index is 419. The number of ether oxygens (including phenoxy) is 1. The fourth-order valence-corrected chi connectivity index (χ4v) is 3.04. The van der Waals surface area contributed by atoms with Crippen LogP contribution in [0.4, 0.5) is 4.39 Å². The number of halogens is 1. The van der Waals surface area contributed by atoms with Crippen LogP contribution in [-0.4, -0.2) is 18.7 Å². The largest absolute Gasteiger partial charge is 0.486 e. The molecule has 3 heteroatoms.